The van der Waals surface area contributed by atoms with Gasteiger partial charge in [-0.05, 0) is 74.8 Å². The lowest BCUT2D eigenvalue weighted by atomic mass is 10.1. The molecule has 2 aromatic rings. The highest BCUT2D eigenvalue weighted by Crippen LogP contribution is 2.42. The zero-order valence-electron chi connectivity index (χ0n) is 16.9. The van der Waals surface area contributed by atoms with Gasteiger partial charge in [0, 0.05) is 15.8 Å². The third-order valence-corrected chi connectivity index (χ3v) is 7.01. The number of benzene rings is 2. The molecule has 0 atom stereocenters. The summed E-state index contributed by atoms with van der Waals surface area (Å²) in [6.45, 7) is 3.40. The molecule has 2 aliphatic rings. The van der Waals surface area contributed by atoms with Crippen LogP contribution in [0.15, 0.2) is 62.8 Å². The van der Waals surface area contributed by atoms with Gasteiger partial charge in [-0.1, -0.05) is 52.0 Å². The first-order valence-corrected chi connectivity index (χ1v) is 12.0. The van der Waals surface area contributed by atoms with Crippen LogP contribution in [0.5, 0.6) is 0 Å². The van der Waals surface area contributed by atoms with Crippen LogP contribution in [-0.2, 0) is 9.59 Å². The summed E-state index contributed by atoms with van der Waals surface area (Å²) in [6, 6.07) is 15.7. The summed E-state index contributed by atoms with van der Waals surface area (Å²) in [5, 5.41) is 0. The number of hydrogen-bond acceptors (Lipinski definition) is 4. The molecule has 0 unspecified atom stereocenters. The van der Waals surface area contributed by atoms with Crippen molar-refractivity contribution < 1.29 is 9.59 Å². The molecule has 156 valence electrons. The zero-order valence-corrected chi connectivity index (χ0v) is 19.3. The van der Waals surface area contributed by atoms with Crippen LogP contribution in [0.2, 0.25) is 0 Å². The number of amides is 1. The largest absolute Gasteiger partial charge is 0.303 e. The van der Waals surface area contributed by atoms with Gasteiger partial charge in [0.1, 0.15) is 0 Å². The molecule has 0 aliphatic carbocycles. The normalized spacial score (nSPS) is 18.1. The number of ketones is 1. The molecule has 0 saturated carbocycles. The predicted molar refractivity (Wildman–Crippen MR) is 127 cm³/mol. The number of carbonyl (C=O) groups excluding carboxylic acids is 2. The second-order valence-electron chi connectivity index (χ2n) is 7.72. The fourth-order valence-corrected chi connectivity index (χ4v) is 5.40. The summed E-state index contributed by atoms with van der Waals surface area (Å²) >= 11 is 4.95. The summed E-state index contributed by atoms with van der Waals surface area (Å²) < 4.78 is 0.968. The second kappa shape index (κ2) is 9.94. The molecule has 4 nitrogen and oxygen atoms in total. The minimum atomic E-state index is -0.105. The van der Waals surface area contributed by atoms with Gasteiger partial charge in [0.2, 0.25) is 0 Å². The Kier molecular flexibility index (Phi) is 7.08. The molecular formula is C24H25BrN2O2S. The number of halogens is 1. The second-order valence-corrected chi connectivity index (χ2v) is 9.72. The highest BCUT2D eigenvalue weighted by molar-refractivity contribution is 9.10. The van der Waals surface area contributed by atoms with Crippen LogP contribution in [-0.4, -0.2) is 42.8 Å². The molecule has 2 aliphatic heterocycles. The lowest BCUT2D eigenvalue weighted by molar-refractivity contribution is -0.121. The number of nitrogens with zero attached hydrogens (tertiary/aromatic N) is 2. The molecule has 0 bridgehead atoms. The van der Waals surface area contributed by atoms with Crippen LogP contribution in [0.1, 0.15) is 31.2 Å². The van der Waals surface area contributed by atoms with E-state index in [0.717, 1.165) is 46.7 Å². The molecule has 4 rings (SSSR count). The summed E-state index contributed by atoms with van der Waals surface area (Å²) in [5.74, 6) is 0.0117. The Bertz CT molecular complexity index is 969. The average molecular weight is 485 g/mol. The van der Waals surface area contributed by atoms with Gasteiger partial charge in [-0.2, -0.15) is 0 Å². The predicted octanol–water partition coefficient (Wildman–Crippen LogP) is 5.37. The molecular weight excluding hydrogens is 460 g/mol. The van der Waals surface area contributed by atoms with Crippen molar-refractivity contribution in [2.45, 2.75) is 30.6 Å². The van der Waals surface area contributed by atoms with Gasteiger partial charge in [0.25, 0.3) is 5.91 Å². The Balaban J connectivity index is 1.49. The van der Waals surface area contributed by atoms with Crippen LogP contribution in [0.4, 0.5) is 5.69 Å². The van der Waals surface area contributed by atoms with Gasteiger partial charge in [-0.15, -0.1) is 0 Å². The monoisotopic (exact) mass is 484 g/mol. The van der Waals surface area contributed by atoms with Gasteiger partial charge >= 0.3 is 0 Å². The molecule has 0 N–H and O–H groups in total. The number of para-hydroxylation sites is 1. The highest BCUT2D eigenvalue weighted by atomic mass is 79.9. The minimum Gasteiger partial charge on any atom is -0.303 e. The Labute approximate surface area is 190 Å². The standard InChI is InChI=1S/C24H25BrN2O2S/c25-19-8-5-7-18(15-19)16-23-24(29)27(21-10-1-2-11-22(21)30-23)17-20(28)9-6-14-26-12-3-4-13-26/h1-2,5,7-8,10-11,15-16H,3-4,6,9,12-14,17H2/b23-16-. The van der Waals surface area contributed by atoms with Gasteiger partial charge in [0.05, 0.1) is 17.1 Å². The van der Waals surface area contributed by atoms with E-state index < -0.39 is 0 Å². The molecule has 0 radical (unpaired) electrons. The molecule has 2 aromatic carbocycles. The van der Waals surface area contributed by atoms with E-state index in [9.17, 15) is 9.59 Å². The maximum Gasteiger partial charge on any atom is 0.265 e. The maximum atomic E-state index is 13.3. The summed E-state index contributed by atoms with van der Waals surface area (Å²) in [6.07, 6.45) is 5.80. The Morgan fingerprint density at radius 3 is 2.70 bits per heavy atom. The zero-order chi connectivity index (χ0) is 20.9. The number of fused-ring (bicyclic) bond motifs is 1. The quantitative estimate of drug-likeness (QED) is 0.495. The Hall–Kier alpha value is -1.89. The molecule has 30 heavy (non-hydrogen) atoms. The SMILES string of the molecule is O=C(CCCN1CCCC1)CN1C(=O)/C(=C/c2cccc(Br)c2)Sc2ccccc21. The lowest BCUT2D eigenvalue weighted by Crippen LogP contribution is -2.38. The van der Waals surface area contributed by atoms with Gasteiger partial charge in [-0.25, -0.2) is 0 Å². The van der Waals surface area contributed by atoms with Gasteiger partial charge < -0.3 is 4.90 Å². The van der Waals surface area contributed by atoms with Crippen LogP contribution in [0.25, 0.3) is 6.08 Å². The lowest BCUT2D eigenvalue weighted by Gasteiger charge is -2.30. The van der Waals surface area contributed by atoms with E-state index in [1.807, 2.05) is 54.6 Å². The third kappa shape index (κ3) is 5.23. The smallest absolute Gasteiger partial charge is 0.265 e. The number of thioether (sulfide) groups is 1. The number of rotatable bonds is 7. The Morgan fingerprint density at radius 2 is 1.90 bits per heavy atom. The van der Waals surface area contributed by atoms with E-state index in [-0.39, 0.29) is 18.2 Å². The van der Waals surface area contributed by atoms with E-state index in [0.29, 0.717) is 11.3 Å². The first-order valence-electron chi connectivity index (χ1n) is 10.4. The fraction of sp³-hybridized carbons (Fsp3) is 0.333. The van der Waals surface area contributed by atoms with Crippen molar-refractivity contribution in [2.24, 2.45) is 0 Å². The third-order valence-electron chi connectivity index (χ3n) is 5.44. The first-order chi connectivity index (χ1) is 14.6. The van der Waals surface area contributed by atoms with E-state index in [2.05, 4.69) is 20.8 Å². The number of likely N-dealkylation sites (tertiary alicyclic amines) is 1. The fourth-order valence-electron chi connectivity index (χ4n) is 3.93. The first kappa shape index (κ1) is 21.3. The summed E-state index contributed by atoms with van der Waals surface area (Å²) in [5.41, 5.74) is 1.78. The molecule has 2 heterocycles. The molecule has 0 spiro atoms. The summed E-state index contributed by atoms with van der Waals surface area (Å²) in [7, 11) is 0. The molecule has 1 amide bonds. The van der Waals surface area contributed by atoms with Crippen molar-refractivity contribution in [3.63, 3.8) is 0 Å². The maximum absolute atomic E-state index is 13.3. The van der Waals surface area contributed by atoms with Crippen molar-refractivity contribution in [2.75, 3.05) is 31.1 Å². The average Bonchev–Trinajstić information content (AvgIpc) is 3.25. The molecule has 0 aromatic heterocycles. The molecule has 1 fully saturated rings. The molecule has 1 saturated heterocycles. The highest BCUT2D eigenvalue weighted by Gasteiger charge is 2.30. The van der Waals surface area contributed by atoms with Crippen molar-refractivity contribution in [3.8, 4) is 0 Å². The molecule has 6 heteroatoms. The van der Waals surface area contributed by atoms with Crippen molar-refractivity contribution in [1.29, 1.82) is 0 Å². The number of hydrogen-bond donors (Lipinski definition) is 0. The van der Waals surface area contributed by atoms with Crippen molar-refractivity contribution >= 4 is 51.1 Å². The topological polar surface area (TPSA) is 40.6 Å². The van der Waals surface area contributed by atoms with Gasteiger partial charge in [-0.3, -0.25) is 14.5 Å². The summed E-state index contributed by atoms with van der Waals surface area (Å²) in [4.78, 5) is 31.7. The van der Waals surface area contributed by atoms with Gasteiger partial charge in [0.15, 0.2) is 5.78 Å². The van der Waals surface area contributed by atoms with Crippen LogP contribution < -0.4 is 4.90 Å². The van der Waals surface area contributed by atoms with E-state index in [1.54, 1.807) is 4.90 Å². The number of anilines is 1. The Morgan fingerprint density at radius 1 is 1.10 bits per heavy atom. The minimum absolute atomic E-state index is 0.105. The number of Topliss-reactive ketones (excluding diaryl/α,β-unsaturated/α-hetero) is 1. The van der Waals surface area contributed by atoms with E-state index >= 15 is 0 Å². The van der Waals surface area contributed by atoms with Crippen molar-refractivity contribution in [1.82, 2.24) is 4.90 Å². The van der Waals surface area contributed by atoms with E-state index in [1.165, 1.54) is 24.6 Å². The number of carbonyl (C=O) groups is 2. The van der Waals surface area contributed by atoms with Crippen LogP contribution in [0.3, 0.4) is 0 Å². The van der Waals surface area contributed by atoms with Crippen LogP contribution >= 0.6 is 27.7 Å². The van der Waals surface area contributed by atoms with E-state index in [4.69, 9.17) is 0 Å². The van der Waals surface area contributed by atoms with Crippen molar-refractivity contribution in [3.05, 3.63) is 63.5 Å². The van der Waals surface area contributed by atoms with Crippen LogP contribution in [0, 0.1) is 0 Å².